The summed E-state index contributed by atoms with van der Waals surface area (Å²) < 4.78 is 10.8. The number of aromatic nitrogens is 4. The molecule has 174 valence electrons. The fourth-order valence-electron chi connectivity index (χ4n) is 3.47. The van der Waals surface area contributed by atoms with Gasteiger partial charge in [0, 0.05) is 24.0 Å². The van der Waals surface area contributed by atoms with Gasteiger partial charge in [0.15, 0.2) is 5.82 Å². The fraction of sp³-hybridized carbons (Fsp3) is 0.120. The molecule has 2 heterocycles. The van der Waals surface area contributed by atoms with Crippen molar-refractivity contribution in [2.24, 2.45) is 0 Å². The molecule has 0 saturated carbocycles. The molecule has 0 unspecified atom stereocenters. The molecule has 0 spiro atoms. The smallest absolute Gasteiger partial charge is 0.264 e. The molecule has 4 aromatic rings. The highest BCUT2D eigenvalue weighted by Gasteiger charge is 2.24. The van der Waals surface area contributed by atoms with Crippen LogP contribution >= 0.6 is 0 Å². The van der Waals surface area contributed by atoms with Crippen molar-refractivity contribution >= 4 is 5.91 Å². The molecule has 0 aliphatic heterocycles. The quantitative estimate of drug-likeness (QED) is 0.421. The number of methoxy groups -OCH3 is 2. The number of hydrogen-bond acceptors (Lipinski definition) is 8. The van der Waals surface area contributed by atoms with Crippen LogP contribution in [0, 0.1) is 11.3 Å². The van der Waals surface area contributed by atoms with Crippen LogP contribution in [0.3, 0.4) is 0 Å². The van der Waals surface area contributed by atoms with Crippen molar-refractivity contribution < 1.29 is 14.3 Å². The molecule has 0 radical (unpaired) electrons. The van der Waals surface area contributed by atoms with Gasteiger partial charge in [-0.3, -0.25) is 9.59 Å². The van der Waals surface area contributed by atoms with E-state index in [1.165, 1.54) is 26.6 Å². The van der Waals surface area contributed by atoms with Crippen molar-refractivity contribution in [2.75, 3.05) is 14.2 Å². The van der Waals surface area contributed by atoms with Crippen molar-refractivity contribution in [1.82, 2.24) is 25.5 Å². The van der Waals surface area contributed by atoms with E-state index in [-0.39, 0.29) is 11.4 Å². The Bertz CT molecular complexity index is 1450. The first-order chi connectivity index (χ1) is 17.0. The minimum absolute atomic E-state index is 0.177. The van der Waals surface area contributed by atoms with E-state index in [9.17, 15) is 9.59 Å². The standard InChI is InChI=1S/C25H20N6O4/c1-34-17-9-10-18(21(12-17)35-2)22(16-7-5-15(13-26)6-8-16)29-24(32)19-14-27-23(30-25(19)33)20-4-3-11-28-31-20/h3-12,14,22H,1-2H3,(H,29,32)(H,27,30,33)/t22-/m0/s1. The number of rotatable bonds is 7. The Morgan fingerprint density at radius 1 is 1.11 bits per heavy atom. The molecule has 0 aliphatic rings. The summed E-state index contributed by atoms with van der Waals surface area (Å²) in [6, 6.07) is 16.6. The van der Waals surface area contributed by atoms with Crippen molar-refractivity contribution in [1.29, 1.82) is 5.26 Å². The molecule has 0 saturated heterocycles. The number of H-pyrrole nitrogens is 1. The van der Waals surface area contributed by atoms with Crippen molar-refractivity contribution in [3.05, 3.63) is 99.6 Å². The molecular formula is C25H20N6O4. The lowest BCUT2D eigenvalue weighted by Crippen LogP contribution is -2.34. The number of benzene rings is 2. The first kappa shape index (κ1) is 23.1. The van der Waals surface area contributed by atoms with Gasteiger partial charge in [0.25, 0.3) is 11.5 Å². The molecule has 1 atom stereocenters. The molecule has 2 aromatic carbocycles. The van der Waals surface area contributed by atoms with E-state index in [1.807, 2.05) is 0 Å². The highest BCUT2D eigenvalue weighted by molar-refractivity contribution is 5.94. The minimum atomic E-state index is -0.699. The van der Waals surface area contributed by atoms with Gasteiger partial charge in [-0.2, -0.15) is 10.4 Å². The Labute approximate surface area is 200 Å². The van der Waals surface area contributed by atoms with Crippen LogP contribution in [0.4, 0.5) is 0 Å². The van der Waals surface area contributed by atoms with Crippen LogP contribution in [0.25, 0.3) is 11.5 Å². The van der Waals surface area contributed by atoms with Gasteiger partial charge in [-0.05, 0) is 42.0 Å². The maximum Gasteiger partial charge on any atom is 0.264 e. The third-order valence-corrected chi connectivity index (χ3v) is 5.26. The van der Waals surface area contributed by atoms with Crippen molar-refractivity contribution in [3.63, 3.8) is 0 Å². The Hall–Kier alpha value is -5.04. The highest BCUT2D eigenvalue weighted by Crippen LogP contribution is 2.33. The van der Waals surface area contributed by atoms with E-state index < -0.39 is 17.5 Å². The fourth-order valence-corrected chi connectivity index (χ4v) is 3.47. The molecular weight excluding hydrogens is 448 g/mol. The third-order valence-electron chi connectivity index (χ3n) is 5.26. The van der Waals surface area contributed by atoms with Gasteiger partial charge in [0.05, 0.1) is 31.9 Å². The predicted octanol–water partition coefficient (Wildman–Crippen LogP) is 2.64. The monoisotopic (exact) mass is 468 g/mol. The average molecular weight is 468 g/mol. The summed E-state index contributed by atoms with van der Waals surface area (Å²) in [5.41, 5.74) is 1.35. The van der Waals surface area contributed by atoms with E-state index in [0.29, 0.717) is 33.9 Å². The topological polar surface area (TPSA) is 143 Å². The molecule has 10 heteroatoms. The van der Waals surface area contributed by atoms with E-state index in [4.69, 9.17) is 14.7 Å². The van der Waals surface area contributed by atoms with Gasteiger partial charge < -0.3 is 19.8 Å². The van der Waals surface area contributed by atoms with Crippen molar-refractivity contribution in [3.8, 4) is 29.1 Å². The Balaban J connectivity index is 1.71. The number of amides is 1. The van der Waals surface area contributed by atoms with Crippen LogP contribution in [0.15, 0.2) is 71.8 Å². The van der Waals surface area contributed by atoms with Crippen molar-refractivity contribution in [2.45, 2.75) is 6.04 Å². The van der Waals surface area contributed by atoms with Gasteiger partial charge in [-0.15, -0.1) is 5.10 Å². The number of nitrogens with one attached hydrogen (secondary N) is 2. The number of carbonyl (C=O) groups excluding carboxylic acids is 1. The van der Waals surface area contributed by atoms with Crippen LogP contribution in [-0.2, 0) is 0 Å². The Morgan fingerprint density at radius 2 is 1.91 bits per heavy atom. The van der Waals surface area contributed by atoms with E-state index in [1.54, 1.807) is 54.6 Å². The molecule has 1 amide bonds. The second kappa shape index (κ2) is 10.3. The van der Waals surface area contributed by atoms with Gasteiger partial charge in [-0.1, -0.05) is 12.1 Å². The molecule has 0 aliphatic carbocycles. The summed E-state index contributed by atoms with van der Waals surface area (Å²) in [6.45, 7) is 0. The third kappa shape index (κ3) is 4.99. The predicted molar refractivity (Wildman–Crippen MR) is 126 cm³/mol. The minimum Gasteiger partial charge on any atom is -0.497 e. The zero-order valence-corrected chi connectivity index (χ0v) is 18.9. The maximum absolute atomic E-state index is 13.2. The molecule has 2 aromatic heterocycles. The van der Waals surface area contributed by atoms with Gasteiger partial charge >= 0.3 is 0 Å². The summed E-state index contributed by atoms with van der Waals surface area (Å²) in [7, 11) is 3.05. The normalized spacial score (nSPS) is 11.2. The summed E-state index contributed by atoms with van der Waals surface area (Å²) in [4.78, 5) is 32.7. The second-order valence-electron chi connectivity index (χ2n) is 7.33. The van der Waals surface area contributed by atoms with E-state index in [0.717, 1.165) is 0 Å². The molecule has 0 bridgehead atoms. The first-order valence-corrected chi connectivity index (χ1v) is 10.4. The van der Waals surface area contributed by atoms with Gasteiger partial charge in [0.1, 0.15) is 22.8 Å². The number of nitrogens with zero attached hydrogens (tertiary/aromatic N) is 4. The average Bonchev–Trinajstić information content (AvgIpc) is 2.91. The largest absolute Gasteiger partial charge is 0.497 e. The summed E-state index contributed by atoms with van der Waals surface area (Å²) in [5.74, 6) is 0.608. The van der Waals surface area contributed by atoms with E-state index in [2.05, 4.69) is 31.6 Å². The molecule has 4 rings (SSSR count). The van der Waals surface area contributed by atoms with Gasteiger partial charge in [-0.25, -0.2) is 4.98 Å². The Kier molecular flexibility index (Phi) is 6.78. The van der Waals surface area contributed by atoms with Crippen LogP contribution in [0.5, 0.6) is 11.5 Å². The van der Waals surface area contributed by atoms with Crippen LogP contribution in [0.2, 0.25) is 0 Å². The number of carbonyl (C=O) groups is 1. The number of hydrogen-bond donors (Lipinski definition) is 2. The van der Waals surface area contributed by atoms with E-state index >= 15 is 0 Å². The SMILES string of the molecule is COc1ccc([C@@H](NC(=O)c2cnc(-c3cccnn3)[nH]c2=O)c2ccc(C#N)cc2)c(OC)c1. The lowest BCUT2D eigenvalue weighted by atomic mass is 9.96. The lowest BCUT2D eigenvalue weighted by molar-refractivity contribution is 0.0940. The molecule has 10 nitrogen and oxygen atoms in total. The molecule has 35 heavy (non-hydrogen) atoms. The highest BCUT2D eigenvalue weighted by atomic mass is 16.5. The summed E-state index contributed by atoms with van der Waals surface area (Å²) in [5, 5.41) is 19.7. The zero-order chi connectivity index (χ0) is 24.8. The van der Waals surface area contributed by atoms with Crippen LogP contribution < -0.4 is 20.3 Å². The second-order valence-corrected chi connectivity index (χ2v) is 7.33. The summed E-state index contributed by atoms with van der Waals surface area (Å²) in [6.07, 6.45) is 2.69. The van der Waals surface area contributed by atoms with Crippen LogP contribution in [0.1, 0.15) is 33.1 Å². The maximum atomic E-state index is 13.2. The molecule has 0 fully saturated rings. The number of nitriles is 1. The number of aromatic amines is 1. The first-order valence-electron chi connectivity index (χ1n) is 10.4. The van der Waals surface area contributed by atoms with Gasteiger partial charge in [0.2, 0.25) is 0 Å². The lowest BCUT2D eigenvalue weighted by Gasteiger charge is -2.22. The Morgan fingerprint density at radius 3 is 2.54 bits per heavy atom. The molecule has 2 N–H and O–H groups in total. The number of ether oxygens (including phenoxy) is 2. The van der Waals surface area contributed by atoms with Crippen LogP contribution in [-0.4, -0.2) is 40.3 Å². The summed E-state index contributed by atoms with van der Waals surface area (Å²) >= 11 is 0. The zero-order valence-electron chi connectivity index (χ0n) is 18.9.